The van der Waals surface area contributed by atoms with E-state index < -0.39 is 72.2 Å². The van der Waals surface area contributed by atoms with Gasteiger partial charge in [-0.05, 0) is 68.4 Å². The van der Waals surface area contributed by atoms with Crippen LogP contribution < -0.4 is 31.3 Å². The van der Waals surface area contributed by atoms with Crippen LogP contribution in [0.15, 0.2) is 67.1 Å². The van der Waals surface area contributed by atoms with Gasteiger partial charge in [-0.25, -0.2) is 0 Å². The van der Waals surface area contributed by atoms with Crippen LogP contribution >= 0.6 is 0 Å². The first kappa shape index (κ1) is 44.9. The Morgan fingerprint density at radius 3 is 2.10 bits per heavy atom. The van der Waals surface area contributed by atoms with Gasteiger partial charge in [-0.3, -0.25) is 33.4 Å². The highest BCUT2D eigenvalue weighted by atomic mass is 16.5. The van der Waals surface area contributed by atoms with E-state index in [1.54, 1.807) is 48.5 Å². The molecular formula is C44H59N9O7. The zero-order valence-electron chi connectivity index (χ0n) is 35.7. The van der Waals surface area contributed by atoms with Gasteiger partial charge in [0.15, 0.2) is 0 Å². The molecule has 0 aliphatic carbocycles. The molecule has 0 saturated carbocycles. The minimum absolute atomic E-state index is 0.0317. The van der Waals surface area contributed by atoms with Crippen molar-refractivity contribution in [2.24, 2.45) is 11.8 Å². The summed E-state index contributed by atoms with van der Waals surface area (Å²) in [5.41, 5.74) is 2.55. The molecule has 60 heavy (non-hydrogen) atoms. The Balaban J connectivity index is 1.55. The predicted molar refractivity (Wildman–Crippen MR) is 227 cm³/mol. The first-order chi connectivity index (χ1) is 28.5. The molecule has 3 heterocycles. The summed E-state index contributed by atoms with van der Waals surface area (Å²) in [6.07, 6.45) is 5.14. The highest BCUT2D eigenvalue weighted by Gasteiger charge is 2.34. The first-order valence-electron chi connectivity index (χ1n) is 20.5. The number of aromatic amines is 1. The van der Waals surface area contributed by atoms with Crippen LogP contribution in [0.25, 0.3) is 10.9 Å². The number of ether oxygens (including phenoxy) is 1. The fraction of sp³-hybridized carbons (Fsp3) is 0.477. The number of H-pyrrole nitrogens is 1. The summed E-state index contributed by atoms with van der Waals surface area (Å²) in [4.78, 5) is 89.4. The maximum atomic E-state index is 14.4. The number of rotatable bonds is 10. The third kappa shape index (κ3) is 11.7. The third-order valence-electron chi connectivity index (χ3n) is 10.6. The van der Waals surface area contributed by atoms with Crippen LogP contribution in [0.1, 0.15) is 82.4 Å². The van der Waals surface area contributed by atoms with Gasteiger partial charge in [0.2, 0.25) is 29.5 Å². The summed E-state index contributed by atoms with van der Waals surface area (Å²) in [5, 5.41) is 19.5. The SMILES string of the molecule is COc1ccc(C[C@@H]2NC(=O)[C@H](CC(C)C)NC(=O)[C@@H](Cc3c[nH]c4ccccc34)NC(=O)CN(C(=O)c3cnn(C(C)C)c3)C[C@H](C(C)C)NC(=O)[C@@H](C)NC2=O)cc1. The van der Waals surface area contributed by atoms with Gasteiger partial charge in [0.25, 0.3) is 5.91 Å². The van der Waals surface area contributed by atoms with Gasteiger partial charge >= 0.3 is 0 Å². The van der Waals surface area contributed by atoms with Crippen LogP contribution in [0, 0.1) is 11.8 Å². The van der Waals surface area contributed by atoms with E-state index in [9.17, 15) is 28.8 Å². The van der Waals surface area contributed by atoms with Crippen molar-refractivity contribution in [2.75, 3.05) is 20.2 Å². The average molecular weight is 826 g/mol. The number of nitrogens with zero attached hydrogens (tertiary/aromatic N) is 3. The van der Waals surface area contributed by atoms with Crippen molar-refractivity contribution in [1.82, 2.24) is 46.2 Å². The first-order valence-corrected chi connectivity index (χ1v) is 20.5. The molecule has 0 unspecified atom stereocenters. The number of carbonyl (C=O) groups excluding carboxylic acids is 6. The smallest absolute Gasteiger partial charge is 0.257 e. The van der Waals surface area contributed by atoms with Crippen molar-refractivity contribution in [1.29, 1.82) is 0 Å². The van der Waals surface area contributed by atoms with Gasteiger partial charge < -0.3 is 41.2 Å². The Hall–Kier alpha value is -6.19. The molecule has 1 saturated heterocycles. The monoisotopic (exact) mass is 825 g/mol. The number of carbonyl (C=O) groups is 6. The molecule has 16 heteroatoms. The van der Waals surface area contributed by atoms with Gasteiger partial charge in [-0.2, -0.15) is 5.10 Å². The number of hydrogen-bond acceptors (Lipinski definition) is 8. The Morgan fingerprint density at radius 1 is 0.800 bits per heavy atom. The van der Waals surface area contributed by atoms with Crippen LogP contribution in [-0.4, -0.2) is 106 Å². The van der Waals surface area contributed by atoms with E-state index >= 15 is 0 Å². The van der Waals surface area contributed by atoms with Crippen molar-refractivity contribution in [3.05, 3.63) is 83.8 Å². The molecule has 0 bridgehead atoms. The van der Waals surface area contributed by atoms with E-state index in [2.05, 4.69) is 36.7 Å². The molecule has 5 atom stereocenters. The summed E-state index contributed by atoms with van der Waals surface area (Å²) in [5.74, 6) is -3.16. The molecule has 16 nitrogen and oxygen atoms in total. The number of hydrogen-bond donors (Lipinski definition) is 6. The number of benzene rings is 2. The summed E-state index contributed by atoms with van der Waals surface area (Å²) < 4.78 is 6.93. The fourth-order valence-electron chi connectivity index (χ4n) is 7.08. The Labute approximate surface area is 350 Å². The molecule has 322 valence electrons. The summed E-state index contributed by atoms with van der Waals surface area (Å²) in [6, 6.07) is 9.43. The predicted octanol–water partition coefficient (Wildman–Crippen LogP) is 3.04. The molecule has 2 aromatic carbocycles. The fourth-order valence-corrected chi connectivity index (χ4v) is 7.08. The lowest BCUT2D eigenvalue weighted by molar-refractivity contribution is -0.135. The van der Waals surface area contributed by atoms with E-state index in [4.69, 9.17) is 4.74 Å². The van der Waals surface area contributed by atoms with Gasteiger partial charge in [0.05, 0.1) is 25.4 Å². The van der Waals surface area contributed by atoms with Crippen LogP contribution in [-0.2, 0) is 36.8 Å². The van der Waals surface area contributed by atoms with Crippen molar-refractivity contribution >= 4 is 46.3 Å². The second-order valence-electron chi connectivity index (χ2n) is 16.6. The second kappa shape index (κ2) is 20.2. The number of amides is 6. The van der Waals surface area contributed by atoms with Crippen LogP contribution in [0.3, 0.4) is 0 Å². The minimum atomic E-state index is -1.18. The summed E-state index contributed by atoms with van der Waals surface area (Å²) in [6.45, 7) is 12.4. The number of fused-ring (bicyclic) bond motifs is 1. The number of methoxy groups -OCH3 is 1. The van der Waals surface area contributed by atoms with E-state index in [0.29, 0.717) is 11.3 Å². The summed E-state index contributed by atoms with van der Waals surface area (Å²) in [7, 11) is 1.54. The normalized spacial score (nSPS) is 21.6. The highest BCUT2D eigenvalue weighted by Crippen LogP contribution is 2.20. The second-order valence-corrected chi connectivity index (χ2v) is 16.6. The number of para-hydroxylation sites is 1. The molecule has 2 aromatic heterocycles. The van der Waals surface area contributed by atoms with Crippen LogP contribution in [0.4, 0.5) is 0 Å². The molecule has 1 fully saturated rings. The van der Waals surface area contributed by atoms with E-state index in [1.165, 1.54) is 18.0 Å². The van der Waals surface area contributed by atoms with Gasteiger partial charge in [-0.1, -0.05) is 58.0 Å². The zero-order chi connectivity index (χ0) is 43.7. The molecule has 5 rings (SSSR count). The number of nitrogens with one attached hydrogen (secondary N) is 6. The van der Waals surface area contributed by atoms with Crippen LogP contribution in [0.2, 0.25) is 0 Å². The lowest BCUT2D eigenvalue weighted by Gasteiger charge is -2.32. The minimum Gasteiger partial charge on any atom is -0.497 e. The summed E-state index contributed by atoms with van der Waals surface area (Å²) >= 11 is 0. The molecule has 4 aromatic rings. The molecular weight excluding hydrogens is 767 g/mol. The Kier molecular flexibility index (Phi) is 15.1. The highest BCUT2D eigenvalue weighted by molar-refractivity contribution is 5.98. The topological polar surface area (TPSA) is 209 Å². The largest absolute Gasteiger partial charge is 0.497 e. The number of aromatic nitrogens is 3. The Bertz CT molecular complexity index is 2140. The Morgan fingerprint density at radius 2 is 1.45 bits per heavy atom. The van der Waals surface area contributed by atoms with E-state index in [-0.39, 0.29) is 49.2 Å². The van der Waals surface area contributed by atoms with E-state index in [0.717, 1.165) is 16.5 Å². The van der Waals surface area contributed by atoms with Crippen molar-refractivity contribution < 1.29 is 33.5 Å². The van der Waals surface area contributed by atoms with Crippen molar-refractivity contribution in [3.8, 4) is 5.75 Å². The standard InChI is InChI=1S/C44H59N9O7/c1-25(2)17-35-42(57)50-36(18-29-13-15-32(60-8)16-14-29)41(56)47-28(7)40(55)51-38(26(3)4)23-52(44(59)31-21-46-53(22-31)27(5)6)24-39(54)48-37(43(58)49-35)19-30-20-45-34-12-10-9-11-33(30)34/h9-16,20-22,25-28,35-38,45H,17-19,23-24H2,1-8H3,(H,47,56)(H,48,54)(H,49,58)(H,50,57)(H,51,55)/t28-,35+,36+,37-,38-/m1/s1. The molecule has 1 aliphatic rings. The molecule has 0 spiro atoms. The maximum Gasteiger partial charge on any atom is 0.257 e. The van der Waals surface area contributed by atoms with Gasteiger partial charge in [0, 0.05) is 54.8 Å². The van der Waals surface area contributed by atoms with Crippen LogP contribution in [0.5, 0.6) is 5.75 Å². The molecule has 0 radical (unpaired) electrons. The molecule has 1 aliphatic heterocycles. The van der Waals surface area contributed by atoms with Gasteiger partial charge in [0.1, 0.15) is 29.9 Å². The average Bonchev–Trinajstić information content (AvgIpc) is 3.87. The van der Waals surface area contributed by atoms with E-state index in [1.807, 2.05) is 65.8 Å². The quantitative estimate of drug-likeness (QED) is 0.140. The molecule has 6 amide bonds. The van der Waals surface area contributed by atoms with Gasteiger partial charge in [-0.15, -0.1) is 0 Å². The third-order valence-corrected chi connectivity index (χ3v) is 10.6. The molecule has 6 N–H and O–H groups in total. The maximum absolute atomic E-state index is 14.4. The lowest BCUT2D eigenvalue weighted by Crippen LogP contribution is -2.60. The zero-order valence-corrected chi connectivity index (χ0v) is 35.7. The van der Waals surface area contributed by atoms with Crippen molar-refractivity contribution in [2.45, 2.75) is 104 Å². The van der Waals surface area contributed by atoms with Crippen molar-refractivity contribution in [3.63, 3.8) is 0 Å². The lowest BCUT2D eigenvalue weighted by atomic mass is 9.99.